The van der Waals surface area contributed by atoms with E-state index in [1.54, 1.807) is 18.2 Å². The largest absolute Gasteiger partial charge is 0.465 e. The molecular weight excluding hydrogens is 403 g/mol. The van der Waals surface area contributed by atoms with Crippen molar-refractivity contribution in [1.82, 2.24) is 10.5 Å². The van der Waals surface area contributed by atoms with Gasteiger partial charge in [-0.15, -0.1) is 0 Å². The summed E-state index contributed by atoms with van der Waals surface area (Å²) in [7, 11) is 0. The molecule has 0 fully saturated rings. The second kappa shape index (κ2) is 6.49. The van der Waals surface area contributed by atoms with Gasteiger partial charge >= 0.3 is 0 Å². The Labute approximate surface area is 150 Å². The maximum Gasteiger partial charge on any atom is 0.234 e. The van der Waals surface area contributed by atoms with Crippen molar-refractivity contribution in [1.29, 1.82) is 0 Å². The number of alkyl halides is 6. The van der Waals surface area contributed by atoms with Crippen LogP contribution in [0.2, 0.25) is 0 Å². The predicted molar refractivity (Wildman–Crippen MR) is 88.8 cm³/mol. The molecule has 0 saturated carbocycles. The van der Waals surface area contributed by atoms with Crippen LogP contribution < -0.4 is 5.43 Å². The molecule has 0 aliphatic carbocycles. The van der Waals surface area contributed by atoms with Gasteiger partial charge in [0.05, 0.1) is 18.2 Å². The minimum Gasteiger partial charge on any atom is -0.465 e. The summed E-state index contributed by atoms with van der Waals surface area (Å²) in [6.07, 6.45) is 6.05. The fourth-order valence-electron chi connectivity index (χ4n) is 1.35. The van der Waals surface area contributed by atoms with E-state index in [2.05, 4.69) is 10.5 Å². The second-order valence-electron chi connectivity index (χ2n) is 3.83. The van der Waals surface area contributed by atoms with Crippen molar-refractivity contribution in [3.05, 3.63) is 42.1 Å². The van der Waals surface area contributed by atoms with Gasteiger partial charge in [-0.2, -0.15) is 10.2 Å². The molecule has 0 bridgehead atoms. The number of hydrogen-bond donors (Lipinski definition) is 1. The van der Waals surface area contributed by atoms with E-state index in [4.69, 9.17) is 74.0 Å². The number of rotatable bonds is 2. The summed E-state index contributed by atoms with van der Waals surface area (Å²) in [5.74, 6) is 0.604. The second-order valence-corrected chi connectivity index (χ2v) is 8.39. The van der Waals surface area contributed by atoms with E-state index in [9.17, 15) is 0 Å². The summed E-state index contributed by atoms with van der Waals surface area (Å²) in [6.45, 7) is 0. The van der Waals surface area contributed by atoms with Crippen LogP contribution in [0.4, 0.5) is 0 Å². The first-order chi connectivity index (χ1) is 9.66. The molecule has 0 aromatic carbocycles. The van der Waals surface area contributed by atoms with Crippen LogP contribution >= 0.6 is 69.6 Å². The Morgan fingerprint density at radius 2 is 1.86 bits per heavy atom. The summed E-state index contributed by atoms with van der Waals surface area (Å²) >= 11 is 35.0. The standard InChI is InChI=1S/C11H7Cl6N3O/c12-10(13,14)8-6-9(11(15,16)17)19-20(18-8)4-3-7-2-1-5-21-7/h1-6,18H. The number of hydrazone groups is 1. The van der Waals surface area contributed by atoms with Gasteiger partial charge in [0.1, 0.15) is 11.5 Å². The van der Waals surface area contributed by atoms with E-state index in [-0.39, 0.29) is 11.4 Å². The number of nitrogens with one attached hydrogen (secondary N) is 1. The first-order valence-corrected chi connectivity index (χ1v) is 7.65. The summed E-state index contributed by atoms with van der Waals surface area (Å²) in [6, 6.07) is 3.50. The molecule has 1 N–H and O–H groups in total. The number of hydrogen-bond acceptors (Lipinski definition) is 4. The van der Waals surface area contributed by atoms with Crippen LogP contribution in [-0.4, -0.2) is 18.4 Å². The molecule has 2 heterocycles. The molecule has 21 heavy (non-hydrogen) atoms. The van der Waals surface area contributed by atoms with E-state index >= 15 is 0 Å². The summed E-state index contributed by atoms with van der Waals surface area (Å²) < 4.78 is 1.66. The molecule has 0 radical (unpaired) electrons. The maximum absolute atomic E-state index is 5.84. The van der Waals surface area contributed by atoms with Crippen molar-refractivity contribution in [3.63, 3.8) is 0 Å². The normalized spacial score (nSPS) is 16.8. The Kier molecular flexibility index (Phi) is 5.29. The van der Waals surface area contributed by atoms with Crippen LogP contribution in [0.5, 0.6) is 0 Å². The lowest BCUT2D eigenvalue weighted by molar-refractivity contribution is 0.313. The zero-order valence-electron chi connectivity index (χ0n) is 10.0. The fraction of sp³-hybridized carbons (Fsp3) is 0.182. The van der Waals surface area contributed by atoms with Crippen LogP contribution in [0, 0.1) is 0 Å². The maximum atomic E-state index is 5.84. The SMILES string of the molecule is ClC(Cl)(Cl)C1=CC(C(Cl)(Cl)Cl)=NN(C=Cc2ccco2)N1. The highest BCUT2D eigenvalue weighted by Gasteiger charge is 2.35. The quantitative estimate of drug-likeness (QED) is 0.695. The van der Waals surface area contributed by atoms with Crippen LogP contribution in [-0.2, 0) is 0 Å². The predicted octanol–water partition coefficient (Wildman–Crippen LogP) is 5.05. The summed E-state index contributed by atoms with van der Waals surface area (Å²) in [5, 5.41) is 5.33. The highest BCUT2D eigenvalue weighted by atomic mass is 35.6. The van der Waals surface area contributed by atoms with E-state index in [1.165, 1.54) is 23.7 Å². The number of hydrazine groups is 1. The lowest BCUT2D eigenvalue weighted by atomic mass is 10.3. The number of furan rings is 1. The topological polar surface area (TPSA) is 40.8 Å². The average molecular weight is 410 g/mol. The lowest BCUT2D eigenvalue weighted by Gasteiger charge is -2.29. The molecule has 0 unspecified atom stereocenters. The first-order valence-electron chi connectivity index (χ1n) is 5.38. The highest BCUT2D eigenvalue weighted by Crippen LogP contribution is 2.37. The van der Waals surface area contributed by atoms with Gasteiger partial charge in [0, 0.05) is 6.08 Å². The molecule has 0 spiro atoms. The Bertz CT molecular complexity index is 582. The van der Waals surface area contributed by atoms with Crippen LogP contribution in [0.15, 0.2) is 45.9 Å². The molecule has 2 rings (SSSR count). The average Bonchev–Trinajstić information content (AvgIpc) is 2.87. The van der Waals surface area contributed by atoms with Crippen molar-refractivity contribution in [3.8, 4) is 0 Å². The molecular formula is C11H7Cl6N3O. The van der Waals surface area contributed by atoms with Crippen molar-refractivity contribution < 1.29 is 4.42 Å². The van der Waals surface area contributed by atoms with Crippen molar-refractivity contribution in [2.45, 2.75) is 7.59 Å². The number of halogens is 6. The molecule has 0 saturated heterocycles. The van der Waals surface area contributed by atoms with E-state index in [0.29, 0.717) is 5.76 Å². The Balaban J connectivity index is 2.27. The third-order valence-corrected chi connectivity index (χ3v) is 3.44. The molecule has 1 aliphatic rings. The van der Waals surface area contributed by atoms with Gasteiger partial charge in [0.15, 0.2) is 0 Å². The highest BCUT2D eigenvalue weighted by molar-refractivity contribution is 6.78. The van der Waals surface area contributed by atoms with Crippen molar-refractivity contribution in [2.24, 2.45) is 5.10 Å². The Morgan fingerprint density at radius 1 is 1.14 bits per heavy atom. The molecule has 1 aromatic rings. The van der Waals surface area contributed by atoms with Crippen LogP contribution in [0.3, 0.4) is 0 Å². The van der Waals surface area contributed by atoms with Gasteiger partial charge in [-0.3, -0.25) is 5.43 Å². The third kappa shape index (κ3) is 4.88. The van der Waals surface area contributed by atoms with Crippen LogP contribution in [0.25, 0.3) is 6.08 Å². The van der Waals surface area contributed by atoms with E-state index in [1.807, 2.05) is 0 Å². The zero-order chi connectivity index (χ0) is 15.7. The molecule has 10 heteroatoms. The van der Waals surface area contributed by atoms with Crippen molar-refractivity contribution in [2.75, 3.05) is 0 Å². The van der Waals surface area contributed by atoms with Gasteiger partial charge in [0.25, 0.3) is 0 Å². The van der Waals surface area contributed by atoms with Gasteiger partial charge < -0.3 is 4.42 Å². The molecule has 1 aromatic heterocycles. The Morgan fingerprint density at radius 3 is 2.38 bits per heavy atom. The molecule has 114 valence electrons. The van der Waals surface area contributed by atoms with Gasteiger partial charge in [-0.1, -0.05) is 69.6 Å². The number of allylic oxidation sites excluding steroid dienone is 2. The molecule has 1 aliphatic heterocycles. The van der Waals surface area contributed by atoms with Gasteiger partial charge in [-0.05, 0) is 18.2 Å². The summed E-state index contributed by atoms with van der Waals surface area (Å²) in [5.41, 5.74) is 3.05. The van der Waals surface area contributed by atoms with Crippen LogP contribution in [0.1, 0.15) is 5.76 Å². The Hall–Kier alpha value is -0.230. The first kappa shape index (κ1) is 17.1. The smallest absolute Gasteiger partial charge is 0.234 e. The molecule has 0 atom stereocenters. The molecule has 4 nitrogen and oxygen atoms in total. The van der Waals surface area contributed by atoms with Crippen molar-refractivity contribution >= 4 is 81.4 Å². The zero-order valence-corrected chi connectivity index (χ0v) is 14.6. The third-order valence-electron chi connectivity index (χ3n) is 2.25. The summed E-state index contributed by atoms with van der Waals surface area (Å²) in [4.78, 5) is 0. The minimum absolute atomic E-state index is 0.0941. The minimum atomic E-state index is -1.76. The lowest BCUT2D eigenvalue weighted by Crippen LogP contribution is -2.40. The molecule has 0 amide bonds. The number of nitrogens with zero attached hydrogens (tertiary/aromatic N) is 2. The van der Waals surface area contributed by atoms with E-state index < -0.39 is 7.59 Å². The van der Waals surface area contributed by atoms with E-state index in [0.717, 1.165) is 0 Å². The fourth-order valence-corrected chi connectivity index (χ4v) is 1.91. The monoisotopic (exact) mass is 407 g/mol. The van der Waals surface area contributed by atoms with Gasteiger partial charge in [0.2, 0.25) is 7.59 Å². The van der Waals surface area contributed by atoms with Gasteiger partial charge in [-0.25, -0.2) is 0 Å².